The Balaban J connectivity index is 1.15. The van der Waals surface area contributed by atoms with E-state index in [4.69, 9.17) is 14.4 Å². The zero-order chi connectivity index (χ0) is 35.8. The van der Waals surface area contributed by atoms with Gasteiger partial charge in [0.15, 0.2) is 11.4 Å². The number of furan rings is 1. The summed E-state index contributed by atoms with van der Waals surface area (Å²) in [6.45, 7) is 0. The van der Waals surface area contributed by atoms with Crippen molar-refractivity contribution in [2.24, 2.45) is 0 Å². The minimum Gasteiger partial charge on any atom is -0.452 e. The molecular formula is C51H29N3O. The summed E-state index contributed by atoms with van der Waals surface area (Å²) in [4.78, 5) is 14.3. The molecule has 1 spiro atoms. The van der Waals surface area contributed by atoms with E-state index in [0.717, 1.165) is 49.7 Å². The number of aromatic nitrogens is 3. The highest BCUT2D eigenvalue weighted by Gasteiger charge is 2.53. The molecule has 3 aromatic heterocycles. The molecule has 0 aliphatic heterocycles. The summed E-state index contributed by atoms with van der Waals surface area (Å²) in [5, 5.41) is 5.90. The molecule has 0 saturated heterocycles. The average Bonchev–Trinajstić information content (AvgIpc) is 3.98. The highest BCUT2D eigenvalue weighted by molar-refractivity contribution is 6.18. The van der Waals surface area contributed by atoms with E-state index in [0.29, 0.717) is 11.4 Å². The average molecular weight is 700 g/mol. The molecule has 254 valence electrons. The number of nitrogens with zero attached hydrogens (tertiary/aromatic N) is 2. The quantitative estimate of drug-likeness (QED) is 0.195. The molecule has 0 saturated carbocycles. The molecule has 55 heavy (non-hydrogen) atoms. The summed E-state index contributed by atoms with van der Waals surface area (Å²) in [5.74, 6) is 0.669. The van der Waals surface area contributed by atoms with Gasteiger partial charge in [-0.2, -0.15) is 0 Å². The van der Waals surface area contributed by atoms with E-state index >= 15 is 0 Å². The van der Waals surface area contributed by atoms with Crippen LogP contribution in [0, 0.1) is 0 Å². The van der Waals surface area contributed by atoms with Gasteiger partial charge in [0, 0.05) is 38.3 Å². The number of aromatic amines is 1. The fourth-order valence-electron chi connectivity index (χ4n) is 10.0. The molecule has 3 heterocycles. The molecule has 8 aromatic carbocycles. The zero-order valence-corrected chi connectivity index (χ0v) is 29.5. The minimum atomic E-state index is -0.502. The van der Waals surface area contributed by atoms with Crippen molar-refractivity contribution in [2.75, 3.05) is 0 Å². The highest BCUT2D eigenvalue weighted by atomic mass is 16.3. The number of fused-ring (bicyclic) bond motifs is 19. The molecule has 4 heteroatoms. The first kappa shape index (κ1) is 29.2. The zero-order valence-electron chi connectivity index (χ0n) is 29.5. The van der Waals surface area contributed by atoms with Gasteiger partial charge >= 0.3 is 0 Å². The van der Waals surface area contributed by atoms with Crippen LogP contribution in [0.15, 0.2) is 174 Å². The second-order valence-corrected chi connectivity index (χ2v) is 14.9. The lowest BCUT2D eigenvalue weighted by Gasteiger charge is -2.31. The second-order valence-electron chi connectivity index (χ2n) is 14.9. The largest absolute Gasteiger partial charge is 0.452 e. The monoisotopic (exact) mass is 699 g/mol. The van der Waals surface area contributed by atoms with Crippen molar-refractivity contribution in [3.05, 3.63) is 192 Å². The first-order chi connectivity index (χ1) is 27.3. The van der Waals surface area contributed by atoms with E-state index in [9.17, 15) is 0 Å². The Morgan fingerprint density at radius 1 is 0.491 bits per heavy atom. The Morgan fingerprint density at radius 3 is 2.04 bits per heavy atom. The molecule has 13 rings (SSSR count). The van der Waals surface area contributed by atoms with Gasteiger partial charge in [0.25, 0.3) is 0 Å². The van der Waals surface area contributed by atoms with E-state index < -0.39 is 5.41 Å². The van der Waals surface area contributed by atoms with Crippen LogP contribution >= 0.6 is 0 Å². The number of para-hydroxylation sites is 1. The van der Waals surface area contributed by atoms with Gasteiger partial charge in [0.05, 0.1) is 5.41 Å². The van der Waals surface area contributed by atoms with Crippen molar-refractivity contribution < 1.29 is 4.42 Å². The highest BCUT2D eigenvalue weighted by Crippen LogP contribution is 2.65. The van der Waals surface area contributed by atoms with Crippen LogP contribution in [0.25, 0.3) is 99.5 Å². The third-order valence-electron chi connectivity index (χ3n) is 12.2. The normalized spacial score (nSPS) is 13.6. The van der Waals surface area contributed by atoms with Gasteiger partial charge in [-0.25, -0.2) is 9.97 Å². The van der Waals surface area contributed by atoms with Crippen LogP contribution in [-0.2, 0) is 5.41 Å². The maximum absolute atomic E-state index is 6.44. The van der Waals surface area contributed by atoms with Crippen LogP contribution in [0.2, 0.25) is 0 Å². The summed E-state index contributed by atoms with van der Waals surface area (Å²) in [6, 6.07) is 61.3. The van der Waals surface area contributed by atoms with Crippen molar-refractivity contribution in [1.29, 1.82) is 0 Å². The van der Waals surface area contributed by atoms with Gasteiger partial charge in [0.1, 0.15) is 16.8 Å². The molecule has 0 bridgehead atoms. The van der Waals surface area contributed by atoms with Gasteiger partial charge in [-0.05, 0) is 91.7 Å². The van der Waals surface area contributed by atoms with Crippen molar-refractivity contribution in [1.82, 2.24) is 15.0 Å². The van der Waals surface area contributed by atoms with E-state index in [1.165, 1.54) is 60.7 Å². The minimum absolute atomic E-state index is 0.502. The smallest absolute Gasteiger partial charge is 0.180 e. The van der Waals surface area contributed by atoms with E-state index in [1.807, 2.05) is 36.4 Å². The maximum atomic E-state index is 6.44. The number of H-pyrrole nitrogens is 1. The van der Waals surface area contributed by atoms with Crippen molar-refractivity contribution in [3.63, 3.8) is 0 Å². The van der Waals surface area contributed by atoms with Gasteiger partial charge in [-0.15, -0.1) is 0 Å². The lowest BCUT2D eigenvalue weighted by Crippen LogP contribution is -2.26. The van der Waals surface area contributed by atoms with Crippen LogP contribution in [0.3, 0.4) is 0 Å². The summed E-state index contributed by atoms with van der Waals surface area (Å²) < 4.78 is 6.44. The van der Waals surface area contributed by atoms with Gasteiger partial charge < -0.3 is 9.40 Å². The molecule has 1 N–H and O–H groups in total. The third kappa shape index (κ3) is 3.66. The van der Waals surface area contributed by atoms with Crippen LogP contribution in [-0.4, -0.2) is 15.0 Å². The number of benzene rings is 8. The van der Waals surface area contributed by atoms with E-state index in [2.05, 4.69) is 138 Å². The Bertz CT molecular complexity index is 3400. The number of rotatable bonds is 2. The van der Waals surface area contributed by atoms with Crippen LogP contribution in [0.5, 0.6) is 0 Å². The standard InChI is InChI=1S/C51H29N3O/c1-2-13-30(14-3-1)47-49-48(35-18-8-11-21-43(35)55-49)54-50(53-47)31-23-26-41-37(28-31)45-42(52-41)27-24-36-44-32-15-5-4-12-29(32)22-25-40(44)51(46(36)45)38-19-9-6-16-33(38)34-17-7-10-20-39(34)51/h1-28,52H. The van der Waals surface area contributed by atoms with Crippen LogP contribution in [0.1, 0.15) is 22.3 Å². The second kappa shape index (κ2) is 10.4. The number of hydrogen-bond donors (Lipinski definition) is 1. The lowest BCUT2D eigenvalue weighted by atomic mass is 9.69. The predicted octanol–water partition coefficient (Wildman–Crippen LogP) is 12.8. The summed E-state index contributed by atoms with van der Waals surface area (Å²) in [5.41, 5.74) is 17.3. The molecule has 0 fully saturated rings. The first-order valence-corrected chi connectivity index (χ1v) is 18.8. The molecule has 0 radical (unpaired) electrons. The Kier molecular flexibility index (Phi) is 5.54. The molecule has 0 unspecified atom stereocenters. The van der Waals surface area contributed by atoms with Crippen molar-refractivity contribution in [3.8, 4) is 44.9 Å². The number of hydrogen-bond acceptors (Lipinski definition) is 3. The SMILES string of the molecule is c1ccc(-c2nc(-c3ccc4[nH]c5ccc6c(c5c4c3)C3(c4ccccc4-c4ccccc43)c3ccc4ccccc4c3-6)nc3c2oc2ccccc23)cc1. The van der Waals surface area contributed by atoms with Gasteiger partial charge in [-0.3, -0.25) is 0 Å². The fraction of sp³-hybridized carbons (Fsp3) is 0.0196. The summed E-state index contributed by atoms with van der Waals surface area (Å²) in [6.07, 6.45) is 0. The number of nitrogens with one attached hydrogen (secondary N) is 1. The lowest BCUT2D eigenvalue weighted by molar-refractivity contribution is 0.667. The first-order valence-electron chi connectivity index (χ1n) is 18.8. The fourth-order valence-corrected chi connectivity index (χ4v) is 10.0. The van der Waals surface area contributed by atoms with Crippen molar-refractivity contribution >= 4 is 54.6 Å². The Hall–Kier alpha value is -7.30. The summed E-state index contributed by atoms with van der Waals surface area (Å²) >= 11 is 0. The molecule has 11 aromatic rings. The van der Waals surface area contributed by atoms with E-state index in [-0.39, 0.29) is 0 Å². The molecule has 0 atom stereocenters. The third-order valence-corrected chi connectivity index (χ3v) is 12.2. The van der Waals surface area contributed by atoms with Gasteiger partial charge in [-0.1, -0.05) is 133 Å². The molecule has 4 nitrogen and oxygen atoms in total. The Labute approximate surface area is 315 Å². The molecule has 0 amide bonds. The molecule has 2 aliphatic carbocycles. The molecule has 2 aliphatic rings. The Morgan fingerprint density at radius 2 is 1.20 bits per heavy atom. The summed E-state index contributed by atoms with van der Waals surface area (Å²) in [7, 11) is 0. The van der Waals surface area contributed by atoms with Crippen LogP contribution in [0.4, 0.5) is 0 Å². The van der Waals surface area contributed by atoms with Crippen LogP contribution < -0.4 is 0 Å². The topological polar surface area (TPSA) is 54.7 Å². The predicted molar refractivity (Wildman–Crippen MR) is 223 cm³/mol. The van der Waals surface area contributed by atoms with E-state index in [1.54, 1.807) is 0 Å². The van der Waals surface area contributed by atoms with Crippen molar-refractivity contribution in [2.45, 2.75) is 5.41 Å². The molecular weight excluding hydrogens is 671 g/mol. The van der Waals surface area contributed by atoms with Gasteiger partial charge in [0.2, 0.25) is 0 Å². The maximum Gasteiger partial charge on any atom is 0.180 e.